The van der Waals surface area contributed by atoms with Crippen molar-refractivity contribution in [3.8, 4) is 11.5 Å². The molecule has 1 rings (SSSR count). The highest BCUT2D eigenvalue weighted by molar-refractivity contribution is 5.85. The van der Waals surface area contributed by atoms with Gasteiger partial charge in [0, 0.05) is 20.0 Å². The lowest BCUT2D eigenvalue weighted by atomic mass is 10.2. The summed E-state index contributed by atoms with van der Waals surface area (Å²) in [7, 11) is 3.02. The van der Waals surface area contributed by atoms with Crippen LogP contribution in [0.4, 0.5) is 8.78 Å². The Morgan fingerprint density at radius 1 is 1.36 bits per heavy atom. The number of methoxy groups -OCH3 is 1. The van der Waals surface area contributed by atoms with Gasteiger partial charge in [0.2, 0.25) is 5.91 Å². The maximum atomic E-state index is 12.3. The van der Waals surface area contributed by atoms with Crippen LogP contribution in [0.5, 0.6) is 11.5 Å². The zero-order valence-corrected chi connectivity index (χ0v) is 13.4. The molecule has 0 fully saturated rings. The van der Waals surface area contributed by atoms with Gasteiger partial charge >= 0.3 is 6.61 Å². The molecule has 0 aliphatic rings. The highest BCUT2D eigenvalue weighted by Gasteiger charge is 2.13. The number of halogens is 3. The fraction of sp³-hybridized carbons (Fsp3) is 0.500. The predicted molar refractivity (Wildman–Crippen MR) is 81.6 cm³/mol. The molecule has 0 aromatic heterocycles. The lowest BCUT2D eigenvalue weighted by molar-refractivity contribution is -0.130. The number of hydrogen-bond donors (Lipinski definition) is 1. The third-order valence-corrected chi connectivity index (χ3v) is 2.88. The van der Waals surface area contributed by atoms with E-state index in [1.807, 2.05) is 0 Å². The molecule has 126 valence electrons. The molecular weight excluding hydrogens is 318 g/mol. The Morgan fingerprint density at radius 3 is 2.59 bits per heavy atom. The van der Waals surface area contributed by atoms with Gasteiger partial charge in [-0.15, -0.1) is 12.4 Å². The van der Waals surface area contributed by atoms with Gasteiger partial charge in [-0.05, 0) is 30.7 Å². The second kappa shape index (κ2) is 10.2. The van der Waals surface area contributed by atoms with E-state index in [1.165, 1.54) is 24.1 Å². The fourth-order valence-electron chi connectivity index (χ4n) is 1.81. The minimum absolute atomic E-state index is 0. The van der Waals surface area contributed by atoms with Crippen LogP contribution in [0.3, 0.4) is 0 Å². The van der Waals surface area contributed by atoms with Gasteiger partial charge in [-0.3, -0.25) is 4.79 Å². The Kier molecular flexibility index (Phi) is 9.44. The average Bonchev–Trinajstić information content (AvgIpc) is 2.44. The van der Waals surface area contributed by atoms with Crippen LogP contribution >= 0.6 is 12.4 Å². The number of nitrogens with two attached hydrogens (primary N) is 1. The van der Waals surface area contributed by atoms with Crippen molar-refractivity contribution in [3.05, 3.63) is 23.8 Å². The van der Waals surface area contributed by atoms with Crippen molar-refractivity contribution in [2.45, 2.75) is 26.0 Å². The number of hydrogen-bond acceptors (Lipinski definition) is 4. The summed E-state index contributed by atoms with van der Waals surface area (Å²) in [5.41, 5.74) is 6.03. The summed E-state index contributed by atoms with van der Waals surface area (Å²) in [6.45, 7) is -2.18. The van der Waals surface area contributed by atoms with E-state index in [9.17, 15) is 13.6 Å². The second-order valence-corrected chi connectivity index (χ2v) is 4.51. The van der Waals surface area contributed by atoms with E-state index in [0.717, 1.165) is 0 Å². The van der Waals surface area contributed by atoms with Gasteiger partial charge in [0.05, 0.1) is 7.11 Å². The van der Waals surface area contributed by atoms with Crippen LogP contribution in [0.15, 0.2) is 18.2 Å². The molecule has 0 bridgehead atoms. The lowest BCUT2D eigenvalue weighted by Gasteiger charge is -2.18. The number of carbonyl (C=O) groups is 1. The number of rotatable bonds is 8. The highest BCUT2D eigenvalue weighted by atomic mass is 35.5. The summed E-state index contributed by atoms with van der Waals surface area (Å²) in [5.74, 6) is 0.122. The Labute approximate surface area is 134 Å². The van der Waals surface area contributed by atoms with Crippen LogP contribution in [0, 0.1) is 0 Å². The predicted octanol–water partition coefficient (Wildman–Crippen LogP) is 2.42. The Morgan fingerprint density at radius 2 is 2.05 bits per heavy atom. The molecule has 0 unspecified atom stereocenters. The SMILES string of the molecule is COc1ccc(CN(C)C(=O)CCCN)cc1OC(F)F.Cl. The lowest BCUT2D eigenvalue weighted by Crippen LogP contribution is -2.26. The van der Waals surface area contributed by atoms with Crippen LogP contribution in [-0.2, 0) is 11.3 Å². The van der Waals surface area contributed by atoms with Crippen molar-refractivity contribution in [3.63, 3.8) is 0 Å². The molecule has 1 amide bonds. The molecule has 2 N–H and O–H groups in total. The normalized spacial score (nSPS) is 10.1. The number of alkyl halides is 2. The third kappa shape index (κ3) is 6.44. The molecule has 0 aliphatic carbocycles. The van der Waals surface area contributed by atoms with Gasteiger partial charge in [0.25, 0.3) is 0 Å². The van der Waals surface area contributed by atoms with Crippen molar-refractivity contribution in [2.75, 3.05) is 20.7 Å². The van der Waals surface area contributed by atoms with E-state index in [2.05, 4.69) is 4.74 Å². The molecule has 0 spiro atoms. The number of amides is 1. The summed E-state index contributed by atoms with van der Waals surface area (Å²) in [6, 6.07) is 4.67. The van der Waals surface area contributed by atoms with Crippen molar-refractivity contribution in [1.29, 1.82) is 0 Å². The Hall–Kier alpha value is -1.60. The Balaban J connectivity index is 0.00000441. The molecule has 0 aliphatic heterocycles. The van der Waals surface area contributed by atoms with E-state index in [0.29, 0.717) is 31.5 Å². The average molecular weight is 339 g/mol. The monoisotopic (exact) mass is 338 g/mol. The van der Waals surface area contributed by atoms with Crippen LogP contribution in [0.25, 0.3) is 0 Å². The summed E-state index contributed by atoms with van der Waals surface area (Å²) >= 11 is 0. The quantitative estimate of drug-likeness (QED) is 0.790. The molecule has 5 nitrogen and oxygen atoms in total. The van der Waals surface area contributed by atoms with Crippen molar-refractivity contribution in [2.24, 2.45) is 5.73 Å². The first kappa shape index (κ1) is 20.4. The molecule has 22 heavy (non-hydrogen) atoms. The number of ether oxygens (including phenoxy) is 2. The van der Waals surface area contributed by atoms with Crippen LogP contribution in [0.2, 0.25) is 0 Å². The first-order valence-electron chi connectivity index (χ1n) is 6.53. The standard InChI is InChI=1S/C14H20F2N2O3.ClH/c1-18(13(19)4-3-7-17)9-10-5-6-11(20-2)12(8-10)21-14(15)16;/h5-6,8,14H,3-4,7,9,17H2,1-2H3;1H. The summed E-state index contributed by atoms with van der Waals surface area (Å²) < 4.78 is 34.0. The van der Waals surface area contributed by atoms with Crippen molar-refractivity contribution < 1.29 is 23.0 Å². The summed E-state index contributed by atoms with van der Waals surface area (Å²) in [5, 5.41) is 0. The zero-order valence-electron chi connectivity index (χ0n) is 12.6. The molecule has 1 aromatic rings. The zero-order chi connectivity index (χ0) is 15.8. The van der Waals surface area contributed by atoms with Gasteiger partial charge in [0.1, 0.15) is 0 Å². The molecule has 0 atom stereocenters. The first-order chi connectivity index (χ1) is 9.97. The van der Waals surface area contributed by atoms with E-state index < -0.39 is 6.61 Å². The van der Waals surface area contributed by atoms with Gasteiger partial charge in [-0.25, -0.2) is 0 Å². The van der Waals surface area contributed by atoms with Gasteiger partial charge in [-0.2, -0.15) is 8.78 Å². The molecule has 0 saturated carbocycles. The number of carbonyl (C=O) groups excluding carboxylic acids is 1. The van der Waals surface area contributed by atoms with Crippen LogP contribution in [0.1, 0.15) is 18.4 Å². The van der Waals surface area contributed by atoms with Gasteiger partial charge < -0.3 is 20.1 Å². The Bertz CT molecular complexity index is 475. The van der Waals surface area contributed by atoms with E-state index in [4.69, 9.17) is 10.5 Å². The van der Waals surface area contributed by atoms with E-state index >= 15 is 0 Å². The van der Waals surface area contributed by atoms with Crippen molar-refractivity contribution >= 4 is 18.3 Å². The van der Waals surface area contributed by atoms with Gasteiger partial charge in [0.15, 0.2) is 11.5 Å². The van der Waals surface area contributed by atoms with Crippen molar-refractivity contribution in [1.82, 2.24) is 4.90 Å². The summed E-state index contributed by atoms with van der Waals surface area (Å²) in [4.78, 5) is 13.3. The van der Waals surface area contributed by atoms with Crippen LogP contribution < -0.4 is 15.2 Å². The van der Waals surface area contributed by atoms with E-state index in [-0.39, 0.29) is 29.8 Å². The first-order valence-corrected chi connectivity index (χ1v) is 6.53. The smallest absolute Gasteiger partial charge is 0.387 e. The molecule has 8 heteroatoms. The minimum atomic E-state index is -2.93. The molecule has 1 aromatic carbocycles. The third-order valence-electron chi connectivity index (χ3n) is 2.88. The summed E-state index contributed by atoms with van der Waals surface area (Å²) in [6.07, 6.45) is 0.981. The topological polar surface area (TPSA) is 64.8 Å². The molecule has 0 heterocycles. The maximum Gasteiger partial charge on any atom is 0.387 e. The minimum Gasteiger partial charge on any atom is -0.493 e. The van der Waals surface area contributed by atoms with Crippen LogP contribution in [-0.4, -0.2) is 38.1 Å². The molecular formula is C14H21ClF2N2O3. The molecule has 0 saturated heterocycles. The fourth-order valence-corrected chi connectivity index (χ4v) is 1.81. The van der Waals surface area contributed by atoms with E-state index in [1.54, 1.807) is 13.1 Å². The maximum absolute atomic E-state index is 12.3. The van der Waals surface area contributed by atoms with Gasteiger partial charge in [-0.1, -0.05) is 6.07 Å². The highest BCUT2D eigenvalue weighted by Crippen LogP contribution is 2.29. The largest absolute Gasteiger partial charge is 0.493 e. The number of nitrogens with zero attached hydrogens (tertiary/aromatic N) is 1. The number of benzene rings is 1. The molecule has 0 radical (unpaired) electrons. The second-order valence-electron chi connectivity index (χ2n) is 4.51.